The number of carbonyl (C=O) groups is 1. The third kappa shape index (κ3) is 2.12. The lowest BCUT2D eigenvalue weighted by Crippen LogP contribution is -2.40. The van der Waals surface area contributed by atoms with Crippen LogP contribution in [0.15, 0.2) is 0 Å². The predicted octanol–water partition coefficient (Wildman–Crippen LogP) is 0.987. The van der Waals surface area contributed by atoms with Crippen LogP contribution in [0.3, 0.4) is 0 Å². The summed E-state index contributed by atoms with van der Waals surface area (Å²) < 4.78 is 0. The fourth-order valence-electron chi connectivity index (χ4n) is 1.39. The Labute approximate surface area is 76.9 Å². The second-order valence-corrected chi connectivity index (χ2v) is 3.21. The number of amides is 1. The normalized spacial score (nSPS) is 23.3. The SMILES string of the molecule is N#CC1CCCN(C(=O)CCl)C1. The quantitative estimate of drug-likeness (QED) is 0.574. The molecule has 0 saturated carbocycles. The van der Waals surface area contributed by atoms with Crippen molar-refractivity contribution < 1.29 is 4.79 Å². The van der Waals surface area contributed by atoms with Gasteiger partial charge in [0.15, 0.2) is 0 Å². The van der Waals surface area contributed by atoms with E-state index >= 15 is 0 Å². The van der Waals surface area contributed by atoms with E-state index < -0.39 is 0 Å². The Kier molecular flexibility index (Phi) is 3.36. The van der Waals surface area contributed by atoms with Crippen molar-refractivity contribution in [1.29, 1.82) is 5.26 Å². The van der Waals surface area contributed by atoms with Crippen molar-refractivity contribution in [3.05, 3.63) is 0 Å². The van der Waals surface area contributed by atoms with Crippen LogP contribution in [0.4, 0.5) is 0 Å². The number of likely N-dealkylation sites (tertiary alicyclic amines) is 1. The Hall–Kier alpha value is -0.750. The van der Waals surface area contributed by atoms with Gasteiger partial charge in [-0.2, -0.15) is 5.26 Å². The van der Waals surface area contributed by atoms with Crippen molar-refractivity contribution in [2.75, 3.05) is 19.0 Å². The van der Waals surface area contributed by atoms with Gasteiger partial charge in [-0.05, 0) is 12.8 Å². The Balaban J connectivity index is 2.47. The van der Waals surface area contributed by atoms with Crippen molar-refractivity contribution in [3.8, 4) is 6.07 Å². The van der Waals surface area contributed by atoms with Gasteiger partial charge in [0.1, 0.15) is 5.88 Å². The zero-order chi connectivity index (χ0) is 8.97. The van der Waals surface area contributed by atoms with Gasteiger partial charge in [-0.15, -0.1) is 11.6 Å². The number of nitriles is 1. The summed E-state index contributed by atoms with van der Waals surface area (Å²) in [6.07, 6.45) is 1.82. The molecule has 1 unspecified atom stereocenters. The van der Waals surface area contributed by atoms with Crippen LogP contribution in [0.2, 0.25) is 0 Å². The molecule has 0 spiro atoms. The maximum Gasteiger partial charge on any atom is 0.237 e. The first-order valence-electron chi connectivity index (χ1n) is 4.01. The Morgan fingerprint density at radius 1 is 1.75 bits per heavy atom. The predicted molar refractivity (Wildman–Crippen MR) is 45.6 cm³/mol. The summed E-state index contributed by atoms with van der Waals surface area (Å²) in [4.78, 5) is 12.8. The number of rotatable bonds is 1. The monoisotopic (exact) mass is 186 g/mol. The highest BCUT2D eigenvalue weighted by molar-refractivity contribution is 6.27. The summed E-state index contributed by atoms with van der Waals surface area (Å²) in [7, 11) is 0. The van der Waals surface area contributed by atoms with Crippen LogP contribution in [-0.4, -0.2) is 29.8 Å². The van der Waals surface area contributed by atoms with E-state index in [9.17, 15) is 4.79 Å². The van der Waals surface area contributed by atoms with E-state index in [0.717, 1.165) is 19.4 Å². The van der Waals surface area contributed by atoms with Gasteiger partial charge in [-0.1, -0.05) is 0 Å². The largest absolute Gasteiger partial charge is 0.340 e. The number of hydrogen-bond donors (Lipinski definition) is 0. The van der Waals surface area contributed by atoms with Crippen LogP contribution < -0.4 is 0 Å². The smallest absolute Gasteiger partial charge is 0.237 e. The van der Waals surface area contributed by atoms with Crippen molar-refractivity contribution in [1.82, 2.24) is 4.90 Å². The lowest BCUT2D eigenvalue weighted by Gasteiger charge is -2.28. The van der Waals surface area contributed by atoms with Crippen LogP contribution in [0.1, 0.15) is 12.8 Å². The van der Waals surface area contributed by atoms with E-state index in [2.05, 4.69) is 6.07 Å². The van der Waals surface area contributed by atoms with Crippen LogP contribution in [0, 0.1) is 17.2 Å². The summed E-state index contributed by atoms with van der Waals surface area (Å²) in [6.45, 7) is 1.31. The minimum atomic E-state index is -0.0587. The zero-order valence-electron chi connectivity index (χ0n) is 6.79. The summed E-state index contributed by atoms with van der Waals surface area (Å²) in [5, 5.41) is 8.64. The summed E-state index contributed by atoms with van der Waals surface area (Å²) in [6, 6.07) is 2.18. The van der Waals surface area contributed by atoms with Crippen molar-refractivity contribution in [2.45, 2.75) is 12.8 Å². The van der Waals surface area contributed by atoms with Gasteiger partial charge in [-0.3, -0.25) is 4.79 Å². The highest BCUT2D eigenvalue weighted by atomic mass is 35.5. The minimum absolute atomic E-state index is 0.00548. The fraction of sp³-hybridized carbons (Fsp3) is 0.750. The van der Waals surface area contributed by atoms with E-state index in [-0.39, 0.29) is 17.7 Å². The molecule has 0 aromatic heterocycles. The molecule has 3 nitrogen and oxygen atoms in total. The van der Waals surface area contributed by atoms with E-state index in [0.29, 0.717) is 6.54 Å². The van der Waals surface area contributed by atoms with Gasteiger partial charge in [-0.25, -0.2) is 0 Å². The minimum Gasteiger partial charge on any atom is -0.340 e. The molecule has 0 aliphatic carbocycles. The van der Waals surface area contributed by atoms with Gasteiger partial charge >= 0.3 is 0 Å². The first kappa shape index (κ1) is 9.34. The van der Waals surface area contributed by atoms with Gasteiger partial charge < -0.3 is 4.90 Å². The maximum atomic E-state index is 11.1. The molecule has 0 bridgehead atoms. The Morgan fingerprint density at radius 2 is 2.50 bits per heavy atom. The molecule has 1 saturated heterocycles. The second-order valence-electron chi connectivity index (χ2n) is 2.94. The Morgan fingerprint density at radius 3 is 3.08 bits per heavy atom. The van der Waals surface area contributed by atoms with Crippen LogP contribution in [0.25, 0.3) is 0 Å². The van der Waals surface area contributed by atoms with Crippen LogP contribution >= 0.6 is 11.6 Å². The molecule has 12 heavy (non-hydrogen) atoms. The molecule has 1 atom stereocenters. The first-order chi connectivity index (χ1) is 5.77. The van der Waals surface area contributed by atoms with E-state index in [1.807, 2.05) is 0 Å². The zero-order valence-corrected chi connectivity index (χ0v) is 7.55. The molecule has 0 aromatic rings. The van der Waals surface area contributed by atoms with Crippen molar-refractivity contribution in [3.63, 3.8) is 0 Å². The average molecular weight is 187 g/mol. The summed E-state index contributed by atoms with van der Waals surface area (Å²) >= 11 is 5.40. The number of hydrogen-bond acceptors (Lipinski definition) is 2. The standard InChI is InChI=1S/C8H11ClN2O/c9-4-8(12)11-3-1-2-7(5-10)6-11/h7H,1-4,6H2. The van der Waals surface area contributed by atoms with E-state index in [4.69, 9.17) is 16.9 Å². The highest BCUT2D eigenvalue weighted by Crippen LogP contribution is 2.15. The summed E-state index contributed by atoms with van der Waals surface area (Å²) in [5.74, 6) is -0.0273. The average Bonchev–Trinajstić information content (AvgIpc) is 2.17. The van der Waals surface area contributed by atoms with Crippen molar-refractivity contribution >= 4 is 17.5 Å². The third-order valence-electron chi connectivity index (χ3n) is 2.07. The molecule has 1 amide bonds. The second kappa shape index (κ2) is 4.32. The molecule has 4 heteroatoms. The van der Waals surface area contributed by atoms with Gasteiger partial charge in [0.2, 0.25) is 5.91 Å². The van der Waals surface area contributed by atoms with Crippen LogP contribution in [0.5, 0.6) is 0 Å². The van der Waals surface area contributed by atoms with E-state index in [1.54, 1.807) is 4.90 Å². The first-order valence-corrected chi connectivity index (χ1v) is 4.54. The highest BCUT2D eigenvalue weighted by Gasteiger charge is 2.22. The molecule has 1 aliphatic heterocycles. The van der Waals surface area contributed by atoms with Gasteiger partial charge in [0.25, 0.3) is 0 Å². The summed E-state index contributed by atoms with van der Waals surface area (Å²) in [5.41, 5.74) is 0. The van der Waals surface area contributed by atoms with E-state index in [1.165, 1.54) is 0 Å². The van der Waals surface area contributed by atoms with Gasteiger partial charge in [0, 0.05) is 13.1 Å². The topological polar surface area (TPSA) is 44.1 Å². The van der Waals surface area contributed by atoms with Crippen molar-refractivity contribution in [2.24, 2.45) is 5.92 Å². The molecule has 1 aliphatic rings. The lowest BCUT2D eigenvalue weighted by atomic mass is 10.00. The lowest BCUT2D eigenvalue weighted by molar-refractivity contribution is -0.129. The molecule has 1 fully saturated rings. The molecular weight excluding hydrogens is 176 g/mol. The maximum absolute atomic E-state index is 11.1. The molecule has 1 heterocycles. The number of alkyl halides is 1. The number of piperidine rings is 1. The molecule has 0 aromatic carbocycles. The molecular formula is C8H11ClN2O. The fourth-order valence-corrected chi connectivity index (χ4v) is 1.56. The molecule has 0 radical (unpaired) electrons. The number of nitrogens with zero attached hydrogens (tertiary/aromatic N) is 2. The molecule has 66 valence electrons. The molecule has 1 rings (SSSR count). The number of halogens is 1. The number of carbonyl (C=O) groups excluding carboxylic acids is 1. The van der Waals surface area contributed by atoms with Crippen LogP contribution in [-0.2, 0) is 4.79 Å². The molecule has 0 N–H and O–H groups in total. The Bertz CT molecular complexity index is 212. The van der Waals surface area contributed by atoms with Gasteiger partial charge in [0.05, 0.1) is 12.0 Å². The third-order valence-corrected chi connectivity index (χ3v) is 2.30.